The zero-order chi connectivity index (χ0) is 23.0. The molecule has 0 aliphatic rings. The van der Waals surface area contributed by atoms with Crippen LogP contribution in [0.3, 0.4) is 0 Å². The molecule has 0 fully saturated rings. The van der Waals surface area contributed by atoms with Crippen LogP contribution in [-0.2, 0) is 14.8 Å². The van der Waals surface area contributed by atoms with E-state index in [0.717, 1.165) is 12.0 Å². The molecule has 1 N–H and O–H groups in total. The SMILES string of the molecule is CCOc1ccc(N(CCCC(=O)NC(CC)c2ccc(C)c(C)c2)S(C)(=O)=O)cc1. The van der Waals surface area contributed by atoms with Gasteiger partial charge < -0.3 is 10.1 Å². The fourth-order valence-corrected chi connectivity index (χ4v) is 4.38. The van der Waals surface area contributed by atoms with E-state index in [2.05, 4.69) is 31.3 Å². The van der Waals surface area contributed by atoms with Gasteiger partial charge in [-0.05, 0) is 74.6 Å². The van der Waals surface area contributed by atoms with Crippen molar-refractivity contribution < 1.29 is 17.9 Å². The molecule has 0 saturated heterocycles. The van der Waals surface area contributed by atoms with Gasteiger partial charge in [-0.25, -0.2) is 8.42 Å². The minimum atomic E-state index is -3.46. The summed E-state index contributed by atoms with van der Waals surface area (Å²) in [4.78, 5) is 12.5. The highest BCUT2D eigenvalue weighted by molar-refractivity contribution is 7.92. The summed E-state index contributed by atoms with van der Waals surface area (Å²) in [5.74, 6) is 0.612. The van der Waals surface area contributed by atoms with Crippen LogP contribution in [0.15, 0.2) is 42.5 Å². The van der Waals surface area contributed by atoms with E-state index in [1.54, 1.807) is 24.3 Å². The van der Waals surface area contributed by atoms with E-state index in [0.29, 0.717) is 24.5 Å². The van der Waals surface area contributed by atoms with Crippen LogP contribution in [0.4, 0.5) is 5.69 Å². The topological polar surface area (TPSA) is 75.7 Å². The molecule has 0 radical (unpaired) electrons. The van der Waals surface area contributed by atoms with Crippen LogP contribution in [0, 0.1) is 13.8 Å². The second kappa shape index (κ2) is 11.2. The highest BCUT2D eigenvalue weighted by Crippen LogP contribution is 2.23. The molecule has 31 heavy (non-hydrogen) atoms. The fourth-order valence-electron chi connectivity index (χ4n) is 3.41. The first-order chi connectivity index (χ1) is 14.7. The molecule has 1 unspecified atom stereocenters. The highest BCUT2D eigenvalue weighted by Gasteiger charge is 2.19. The van der Waals surface area contributed by atoms with Crippen molar-refractivity contribution in [3.63, 3.8) is 0 Å². The third kappa shape index (κ3) is 7.28. The second-order valence-corrected chi connectivity index (χ2v) is 9.64. The Hall–Kier alpha value is -2.54. The lowest BCUT2D eigenvalue weighted by Gasteiger charge is -2.23. The Balaban J connectivity index is 1.97. The van der Waals surface area contributed by atoms with Gasteiger partial charge in [0.2, 0.25) is 15.9 Å². The minimum Gasteiger partial charge on any atom is -0.494 e. The number of nitrogens with zero attached hydrogens (tertiary/aromatic N) is 1. The van der Waals surface area contributed by atoms with Gasteiger partial charge in [0, 0.05) is 13.0 Å². The average molecular weight is 447 g/mol. The fraction of sp³-hybridized carbons (Fsp3) is 0.458. The van der Waals surface area contributed by atoms with E-state index in [1.807, 2.05) is 19.9 Å². The Morgan fingerprint density at radius 1 is 1.06 bits per heavy atom. The van der Waals surface area contributed by atoms with Crippen LogP contribution in [0.25, 0.3) is 0 Å². The van der Waals surface area contributed by atoms with Crippen molar-refractivity contribution in [2.24, 2.45) is 0 Å². The number of hydrogen-bond donors (Lipinski definition) is 1. The summed E-state index contributed by atoms with van der Waals surface area (Å²) >= 11 is 0. The van der Waals surface area contributed by atoms with Gasteiger partial charge >= 0.3 is 0 Å². The van der Waals surface area contributed by atoms with Gasteiger partial charge in [0.05, 0.1) is 24.6 Å². The molecule has 2 rings (SSSR count). The van der Waals surface area contributed by atoms with Crippen LogP contribution in [-0.4, -0.2) is 33.7 Å². The number of amides is 1. The third-order valence-corrected chi connectivity index (χ3v) is 6.47. The maximum atomic E-state index is 12.5. The van der Waals surface area contributed by atoms with Gasteiger partial charge in [0.1, 0.15) is 5.75 Å². The molecular formula is C24H34N2O4S. The van der Waals surface area contributed by atoms with Gasteiger partial charge in [-0.2, -0.15) is 0 Å². The zero-order valence-electron chi connectivity index (χ0n) is 19.1. The first kappa shape index (κ1) is 24.7. The molecule has 0 aromatic heterocycles. The Morgan fingerprint density at radius 2 is 1.74 bits per heavy atom. The Bertz CT molecular complexity index is 972. The number of benzene rings is 2. The second-order valence-electron chi connectivity index (χ2n) is 7.74. The Morgan fingerprint density at radius 3 is 2.29 bits per heavy atom. The zero-order valence-corrected chi connectivity index (χ0v) is 20.0. The summed E-state index contributed by atoms with van der Waals surface area (Å²) in [6, 6.07) is 13.1. The Labute approximate surface area is 186 Å². The van der Waals surface area contributed by atoms with Crippen molar-refractivity contribution in [2.75, 3.05) is 23.7 Å². The number of carbonyl (C=O) groups is 1. The van der Waals surface area contributed by atoms with Gasteiger partial charge in [0.15, 0.2) is 0 Å². The molecule has 1 amide bonds. The van der Waals surface area contributed by atoms with Crippen molar-refractivity contribution in [1.29, 1.82) is 0 Å². The molecule has 0 aliphatic heterocycles. The molecule has 1 atom stereocenters. The number of anilines is 1. The molecular weight excluding hydrogens is 412 g/mol. The van der Waals surface area contributed by atoms with Crippen molar-refractivity contribution in [2.45, 2.75) is 53.0 Å². The van der Waals surface area contributed by atoms with Gasteiger partial charge in [0.25, 0.3) is 0 Å². The number of carbonyl (C=O) groups excluding carboxylic acids is 1. The largest absolute Gasteiger partial charge is 0.494 e. The van der Waals surface area contributed by atoms with Crippen LogP contribution in [0.5, 0.6) is 5.75 Å². The van der Waals surface area contributed by atoms with Gasteiger partial charge in [-0.1, -0.05) is 25.1 Å². The summed E-state index contributed by atoms with van der Waals surface area (Å²) in [6.07, 6.45) is 2.64. The van der Waals surface area contributed by atoms with Crippen molar-refractivity contribution in [3.05, 3.63) is 59.2 Å². The van der Waals surface area contributed by atoms with E-state index in [-0.39, 0.29) is 24.9 Å². The Kier molecular flexibility index (Phi) is 8.92. The summed E-state index contributed by atoms with van der Waals surface area (Å²) in [7, 11) is -3.46. The molecule has 0 saturated carbocycles. The highest BCUT2D eigenvalue weighted by atomic mass is 32.2. The number of sulfonamides is 1. The van der Waals surface area contributed by atoms with Gasteiger partial charge in [-0.15, -0.1) is 0 Å². The standard InChI is InChI=1S/C24H34N2O4S/c1-6-23(20-11-10-18(3)19(4)17-20)25-24(27)9-8-16-26(31(5,28)29)21-12-14-22(15-13-21)30-7-2/h10-15,17,23H,6-9,16H2,1-5H3,(H,25,27). The summed E-state index contributed by atoms with van der Waals surface area (Å²) in [5, 5.41) is 3.08. The van der Waals surface area contributed by atoms with Crippen molar-refractivity contribution >= 4 is 21.6 Å². The lowest BCUT2D eigenvalue weighted by molar-refractivity contribution is -0.121. The van der Waals surface area contributed by atoms with E-state index in [4.69, 9.17) is 4.74 Å². The molecule has 0 aliphatic carbocycles. The van der Waals surface area contributed by atoms with E-state index < -0.39 is 10.0 Å². The van der Waals surface area contributed by atoms with Crippen LogP contribution in [0.1, 0.15) is 55.8 Å². The lowest BCUT2D eigenvalue weighted by Crippen LogP contribution is -2.33. The van der Waals surface area contributed by atoms with Crippen molar-refractivity contribution in [3.8, 4) is 5.75 Å². The monoisotopic (exact) mass is 446 g/mol. The molecule has 7 heteroatoms. The number of rotatable bonds is 11. The number of aryl methyl sites for hydroxylation is 2. The normalized spacial score (nSPS) is 12.3. The first-order valence-corrected chi connectivity index (χ1v) is 12.6. The van der Waals surface area contributed by atoms with E-state index in [9.17, 15) is 13.2 Å². The maximum Gasteiger partial charge on any atom is 0.232 e. The van der Waals surface area contributed by atoms with Gasteiger partial charge in [-0.3, -0.25) is 9.10 Å². The number of ether oxygens (including phenoxy) is 1. The first-order valence-electron chi connectivity index (χ1n) is 10.7. The molecule has 6 nitrogen and oxygen atoms in total. The molecule has 2 aromatic rings. The summed E-state index contributed by atoms with van der Waals surface area (Å²) in [6.45, 7) is 8.85. The smallest absolute Gasteiger partial charge is 0.232 e. The molecule has 2 aromatic carbocycles. The third-order valence-electron chi connectivity index (χ3n) is 5.28. The predicted molar refractivity (Wildman–Crippen MR) is 126 cm³/mol. The lowest BCUT2D eigenvalue weighted by atomic mass is 9.99. The van der Waals surface area contributed by atoms with E-state index >= 15 is 0 Å². The van der Waals surface area contributed by atoms with Crippen LogP contribution < -0.4 is 14.4 Å². The number of hydrogen-bond acceptors (Lipinski definition) is 4. The van der Waals surface area contributed by atoms with Crippen molar-refractivity contribution in [1.82, 2.24) is 5.32 Å². The average Bonchev–Trinajstić information content (AvgIpc) is 2.71. The predicted octanol–water partition coefficient (Wildman–Crippen LogP) is 4.52. The van der Waals surface area contributed by atoms with E-state index in [1.165, 1.54) is 21.7 Å². The molecule has 0 bridgehead atoms. The molecule has 0 spiro atoms. The molecule has 0 heterocycles. The minimum absolute atomic E-state index is 0.0519. The summed E-state index contributed by atoms with van der Waals surface area (Å²) < 4.78 is 31.3. The van der Waals surface area contributed by atoms with Crippen LogP contribution in [0.2, 0.25) is 0 Å². The number of nitrogens with one attached hydrogen (secondary N) is 1. The quantitative estimate of drug-likeness (QED) is 0.551. The maximum absolute atomic E-state index is 12.5. The molecule has 170 valence electrons. The summed E-state index contributed by atoms with van der Waals surface area (Å²) in [5.41, 5.74) is 4.07. The van der Waals surface area contributed by atoms with Crippen LogP contribution >= 0.6 is 0 Å².